The summed E-state index contributed by atoms with van der Waals surface area (Å²) in [5.41, 5.74) is 6.02. The van der Waals surface area contributed by atoms with E-state index in [9.17, 15) is 0 Å². The number of methoxy groups -OCH3 is 1. The second-order valence-corrected chi connectivity index (χ2v) is 6.36. The summed E-state index contributed by atoms with van der Waals surface area (Å²) < 4.78 is 5.28. The average molecular weight is 270 g/mol. The lowest BCUT2D eigenvalue weighted by molar-refractivity contribution is 0.0342. The highest BCUT2D eigenvalue weighted by Crippen LogP contribution is 2.35. The van der Waals surface area contributed by atoms with Gasteiger partial charge >= 0.3 is 0 Å². The lowest BCUT2D eigenvalue weighted by Gasteiger charge is -2.44. The van der Waals surface area contributed by atoms with Crippen LogP contribution in [0.25, 0.3) is 0 Å². The number of nitrogens with zero attached hydrogens (tertiary/aromatic N) is 1. The van der Waals surface area contributed by atoms with Gasteiger partial charge in [-0.2, -0.15) is 0 Å². The average Bonchev–Trinajstić information content (AvgIpc) is 2.39. The molecular formula is C16H34N2O. The van der Waals surface area contributed by atoms with Gasteiger partial charge < -0.3 is 10.5 Å². The Morgan fingerprint density at radius 2 is 2.05 bits per heavy atom. The molecule has 0 radical (unpaired) electrons. The highest BCUT2D eigenvalue weighted by Gasteiger charge is 2.34. The first-order chi connectivity index (χ1) is 9.13. The highest BCUT2D eigenvalue weighted by atomic mass is 16.5. The fraction of sp³-hybridized carbons (Fsp3) is 1.00. The van der Waals surface area contributed by atoms with Crippen molar-refractivity contribution >= 4 is 0 Å². The maximum absolute atomic E-state index is 6.02. The Bertz CT molecular complexity index is 233. The van der Waals surface area contributed by atoms with E-state index in [1.807, 2.05) is 0 Å². The zero-order valence-electron chi connectivity index (χ0n) is 13.4. The van der Waals surface area contributed by atoms with Gasteiger partial charge in [-0.15, -0.1) is 0 Å². The van der Waals surface area contributed by atoms with Crippen LogP contribution in [0, 0.1) is 11.8 Å². The summed E-state index contributed by atoms with van der Waals surface area (Å²) in [5, 5.41) is 0. The number of ether oxygens (including phenoxy) is 1. The molecule has 2 N–H and O–H groups in total. The van der Waals surface area contributed by atoms with Crippen molar-refractivity contribution in [1.82, 2.24) is 4.90 Å². The second-order valence-electron chi connectivity index (χ2n) is 6.36. The quantitative estimate of drug-likeness (QED) is 0.737. The molecule has 1 aliphatic rings. The summed E-state index contributed by atoms with van der Waals surface area (Å²) in [4.78, 5) is 2.63. The second kappa shape index (κ2) is 8.93. The third-order valence-electron chi connectivity index (χ3n) is 4.71. The molecule has 3 unspecified atom stereocenters. The summed E-state index contributed by atoms with van der Waals surface area (Å²) in [5.74, 6) is 1.58. The predicted octanol–water partition coefficient (Wildman–Crippen LogP) is 2.89. The van der Waals surface area contributed by atoms with Crippen LogP contribution in [0.4, 0.5) is 0 Å². The van der Waals surface area contributed by atoms with Gasteiger partial charge in [0.05, 0.1) is 6.61 Å². The smallest absolute Gasteiger partial charge is 0.0589 e. The van der Waals surface area contributed by atoms with E-state index in [2.05, 4.69) is 25.7 Å². The van der Waals surface area contributed by atoms with Gasteiger partial charge in [-0.05, 0) is 45.1 Å². The molecule has 1 saturated carbocycles. The van der Waals surface area contributed by atoms with Crippen LogP contribution in [-0.4, -0.2) is 43.8 Å². The van der Waals surface area contributed by atoms with E-state index in [1.54, 1.807) is 7.11 Å². The molecule has 0 aromatic rings. The van der Waals surface area contributed by atoms with Crippen LogP contribution in [0.3, 0.4) is 0 Å². The lowest BCUT2D eigenvalue weighted by atomic mass is 9.75. The van der Waals surface area contributed by atoms with Crippen LogP contribution in [0.5, 0.6) is 0 Å². The van der Waals surface area contributed by atoms with Crippen LogP contribution in [0.1, 0.15) is 52.9 Å². The van der Waals surface area contributed by atoms with Gasteiger partial charge in [-0.25, -0.2) is 0 Å². The summed E-state index contributed by atoms with van der Waals surface area (Å²) in [6.45, 7) is 9.59. The van der Waals surface area contributed by atoms with Gasteiger partial charge in [0.15, 0.2) is 0 Å². The molecule has 0 spiro atoms. The van der Waals surface area contributed by atoms with Gasteiger partial charge in [0, 0.05) is 25.7 Å². The number of rotatable bonds is 8. The van der Waals surface area contributed by atoms with Crippen molar-refractivity contribution in [2.24, 2.45) is 17.6 Å². The molecule has 0 heterocycles. The molecule has 114 valence electrons. The van der Waals surface area contributed by atoms with Crippen LogP contribution >= 0.6 is 0 Å². The van der Waals surface area contributed by atoms with Gasteiger partial charge in [0.1, 0.15) is 0 Å². The highest BCUT2D eigenvalue weighted by molar-refractivity contribution is 4.88. The third kappa shape index (κ3) is 5.05. The van der Waals surface area contributed by atoms with E-state index in [-0.39, 0.29) is 0 Å². The number of hydrogen-bond donors (Lipinski definition) is 1. The first kappa shape index (κ1) is 16.9. The van der Waals surface area contributed by atoms with Gasteiger partial charge in [0.2, 0.25) is 0 Å². The maximum atomic E-state index is 6.02. The first-order valence-corrected chi connectivity index (χ1v) is 8.08. The topological polar surface area (TPSA) is 38.5 Å². The fourth-order valence-electron chi connectivity index (χ4n) is 3.65. The third-order valence-corrected chi connectivity index (χ3v) is 4.71. The molecule has 1 aliphatic carbocycles. The van der Waals surface area contributed by atoms with Gasteiger partial charge in [-0.3, -0.25) is 4.90 Å². The molecule has 0 amide bonds. The van der Waals surface area contributed by atoms with E-state index >= 15 is 0 Å². The van der Waals surface area contributed by atoms with Gasteiger partial charge in [0.25, 0.3) is 0 Å². The van der Waals surface area contributed by atoms with Crippen molar-refractivity contribution in [3.8, 4) is 0 Å². The molecule has 0 aliphatic heterocycles. The predicted molar refractivity (Wildman–Crippen MR) is 82.3 cm³/mol. The standard InChI is InChI=1S/C16H34N2O/c1-5-6-14-7-8-15(12-17)16(11-14)18(13(2)3)9-10-19-4/h13-16H,5-12,17H2,1-4H3. The van der Waals surface area contributed by atoms with Gasteiger partial charge in [-0.1, -0.05) is 26.2 Å². The minimum atomic E-state index is 0.578. The molecule has 0 aromatic heterocycles. The molecule has 3 atom stereocenters. The largest absolute Gasteiger partial charge is 0.383 e. The number of nitrogens with two attached hydrogens (primary N) is 1. The minimum Gasteiger partial charge on any atom is -0.383 e. The summed E-state index contributed by atoms with van der Waals surface area (Å²) in [6, 6.07) is 1.24. The molecular weight excluding hydrogens is 236 g/mol. The Labute approximate surface area is 119 Å². The fourth-order valence-corrected chi connectivity index (χ4v) is 3.65. The summed E-state index contributed by atoms with van der Waals surface area (Å²) in [7, 11) is 1.79. The Balaban J connectivity index is 2.69. The molecule has 0 bridgehead atoms. The van der Waals surface area contributed by atoms with Crippen molar-refractivity contribution in [2.45, 2.75) is 65.0 Å². The molecule has 3 nitrogen and oxygen atoms in total. The molecule has 1 fully saturated rings. The Kier molecular flexibility index (Phi) is 7.96. The van der Waals surface area contributed by atoms with Crippen molar-refractivity contribution in [3.63, 3.8) is 0 Å². The molecule has 0 saturated heterocycles. The van der Waals surface area contributed by atoms with Crippen LogP contribution < -0.4 is 5.73 Å². The number of hydrogen-bond acceptors (Lipinski definition) is 3. The van der Waals surface area contributed by atoms with Crippen molar-refractivity contribution < 1.29 is 4.74 Å². The Morgan fingerprint density at radius 3 is 2.58 bits per heavy atom. The van der Waals surface area contributed by atoms with E-state index in [4.69, 9.17) is 10.5 Å². The van der Waals surface area contributed by atoms with E-state index in [0.717, 1.165) is 25.6 Å². The maximum Gasteiger partial charge on any atom is 0.0589 e. The molecule has 1 rings (SSSR count). The zero-order valence-corrected chi connectivity index (χ0v) is 13.4. The van der Waals surface area contributed by atoms with Crippen LogP contribution in [-0.2, 0) is 4.74 Å². The van der Waals surface area contributed by atoms with Crippen molar-refractivity contribution in [2.75, 3.05) is 26.8 Å². The van der Waals surface area contributed by atoms with Crippen molar-refractivity contribution in [1.29, 1.82) is 0 Å². The molecule has 19 heavy (non-hydrogen) atoms. The normalized spacial score (nSPS) is 28.3. The zero-order chi connectivity index (χ0) is 14.3. The van der Waals surface area contributed by atoms with E-state index in [1.165, 1.54) is 32.1 Å². The monoisotopic (exact) mass is 270 g/mol. The summed E-state index contributed by atoms with van der Waals surface area (Å²) >= 11 is 0. The van der Waals surface area contributed by atoms with E-state index in [0.29, 0.717) is 18.0 Å². The molecule has 3 heteroatoms. The van der Waals surface area contributed by atoms with Crippen LogP contribution in [0.2, 0.25) is 0 Å². The van der Waals surface area contributed by atoms with Crippen LogP contribution in [0.15, 0.2) is 0 Å². The Hall–Kier alpha value is -0.120. The summed E-state index contributed by atoms with van der Waals surface area (Å²) in [6.07, 6.45) is 6.70. The molecule has 0 aromatic carbocycles. The first-order valence-electron chi connectivity index (χ1n) is 8.08. The lowest BCUT2D eigenvalue weighted by Crippen LogP contribution is -2.50. The van der Waals surface area contributed by atoms with E-state index < -0.39 is 0 Å². The SMILES string of the molecule is CCCC1CCC(CN)C(N(CCOC)C(C)C)C1. The Morgan fingerprint density at radius 1 is 1.32 bits per heavy atom. The minimum absolute atomic E-state index is 0.578. The van der Waals surface area contributed by atoms with Crippen molar-refractivity contribution in [3.05, 3.63) is 0 Å².